The number of nitrogens with zero attached hydrogens (tertiary/aromatic N) is 1. The predicted molar refractivity (Wildman–Crippen MR) is 136 cm³/mol. The number of hydrogen-bond acceptors (Lipinski definition) is 3. The molecule has 5 nitrogen and oxygen atoms in total. The van der Waals surface area contributed by atoms with Gasteiger partial charge in [-0.25, -0.2) is 0 Å². The fourth-order valence-electron chi connectivity index (χ4n) is 3.69. The van der Waals surface area contributed by atoms with Gasteiger partial charge in [0.15, 0.2) is 6.61 Å². The Bertz CT molecular complexity index is 1070. The molecule has 0 saturated heterocycles. The lowest BCUT2D eigenvalue weighted by atomic mass is 10.0. The first-order chi connectivity index (χ1) is 16.5. The van der Waals surface area contributed by atoms with Gasteiger partial charge in [-0.1, -0.05) is 78.7 Å². The second kappa shape index (κ2) is 12.8. The van der Waals surface area contributed by atoms with Crippen LogP contribution in [0.3, 0.4) is 0 Å². The Morgan fingerprint density at radius 2 is 1.68 bits per heavy atom. The molecule has 178 valence electrons. The average Bonchev–Trinajstić information content (AvgIpc) is 2.85. The summed E-state index contributed by atoms with van der Waals surface area (Å²) in [7, 11) is 0. The molecule has 0 aliphatic rings. The van der Waals surface area contributed by atoms with Crippen LogP contribution in [0.4, 0.5) is 0 Å². The van der Waals surface area contributed by atoms with E-state index in [1.807, 2.05) is 68.4 Å². The second-order valence-corrected chi connectivity index (χ2v) is 8.69. The van der Waals surface area contributed by atoms with Crippen LogP contribution in [0.1, 0.15) is 30.0 Å². The van der Waals surface area contributed by atoms with Gasteiger partial charge in [0.1, 0.15) is 11.8 Å². The summed E-state index contributed by atoms with van der Waals surface area (Å²) in [6.07, 6.45) is 1.23. The standard InChI is InChI=1S/C28H31ClN2O3/c1-3-16-30-28(33)26(18-22-9-5-4-6-10-22)31(19-23-11-7-8-21(2)17-23)27(32)20-34-25-14-12-24(29)13-15-25/h4-15,17,26H,3,16,18-20H2,1-2H3,(H,30,33)/t26-/m0/s1. The molecule has 0 radical (unpaired) electrons. The highest BCUT2D eigenvalue weighted by Gasteiger charge is 2.30. The van der Waals surface area contributed by atoms with Gasteiger partial charge in [0, 0.05) is 24.5 Å². The van der Waals surface area contributed by atoms with Crippen LogP contribution in [0.5, 0.6) is 5.75 Å². The molecule has 0 unspecified atom stereocenters. The summed E-state index contributed by atoms with van der Waals surface area (Å²) >= 11 is 5.95. The predicted octanol–water partition coefficient (Wildman–Crippen LogP) is 5.19. The third-order valence-corrected chi connectivity index (χ3v) is 5.68. The molecule has 0 aliphatic heterocycles. The Morgan fingerprint density at radius 1 is 0.971 bits per heavy atom. The third kappa shape index (κ3) is 7.63. The van der Waals surface area contributed by atoms with E-state index in [-0.39, 0.29) is 18.4 Å². The van der Waals surface area contributed by atoms with Crippen molar-refractivity contribution in [3.8, 4) is 5.75 Å². The van der Waals surface area contributed by atoms with Crippen molar-refractivity contribution in [3.05, 3.63) is 101 Å². The fraction of sp³-hybridized carbons (Fsp3) is 0.286. The Kier molecular flexibility index (Phi) is 9.53. The molecule has 0 heterocycles. The zero-order chi connectivity index (χ0) is 24.3. The van der Waals surface area contributed by atoms with Gasteiger partial charge in [-0.2, -0.15) is 0 Å². The van der Waals surface area contributed by atoms with Gasteiger partial charge in [0.05, 0.1) is 0 Å². The fourth-order valence-corrected chi connectivity index (χ4v) is 3.81. The maximum absolute atomic E-state index is 13.5. The molecule has 6 heteroatoms. The van der Waals surface area contributed by atoms with Gasteiger partial charge < -0.3 is 15.0 Å². The number of hydrogen-bond donors (Lipinski definition) is 1. The molecule has 0 saturated carbocycles. The maximum Gasteiger partial charge on any atom is 0.261 e. The van der Waals surface area contributed by atoms with Crippen LogP contribution in [-0.4, -0.2) is 35.9 Å². The highest BCUT2D eigenvalue weighted by atomic mass is 35.5. The van der Waals surface area contributed by atoms with E-state index < -0.39 is 6.04 Å². The molecule has 3 aromatic carbocycles. The second-order valence-electron chi connectivity index (χ2n) is 8.25. The molecule has 2 amide bonds. The number of aryl methyl sites for hydroxylation is 1. The van der Waals surface area contributed by atoms with Crippen LogP contribution in [0, 0.1) is 6.92 Å². The van der Waals surface area contributed by atoms with Crippen molar-refractivity contribution in [2.75, 3.05) is 13.2 Å². The smallest absolute Gasteiger partial charge is 0.261 e. The first-order valence-corrected chi connectivity index (χ1v) is 11.9. The van der Waals surface area contributed by atoms with E-state index in [9.17, 15) is 9.59 Å². The van der Waals surface area contributed by atoms with E-state index >= 15 is 0 Å². The molecule has 1 atom stereocenters. The Labute approximate surface area is 206 Å². The highest BCUT2D eigenvalue weighted by molar-refractivity contribution is 6.30. The number of carbonyl (C=O) groups is 2. The minimum absolute atomic E-state index is 0.168. The summed E-state index contributed by atoms with van der Waals surface area (Å²) < 4.78 is 5.74. The number of halogens is 1. The summed E-state index contributed by atoms with van der Waals surface area (Å²) in [4.78, 5) is 28.4. The van der Waals surface area contributed by atoms with Crippen LogP contribution in [-0.2, 0) is 22.6 Å². The number of benzene rings is 3. The Hall–Kier alpha value is -3.31. The number of amides is 2. The zero-order valence-electron chi connectivity index (χ0n) is 19.7. The number of rotatable bonds is 11. The van der Waals surface area contributed by atoms with Gasteiger partial charge in [0.2, 0.25) is 5.91 Å². The lowest BCUT2D eigenvalue weighted by Gasteiger charge is -2.31. The van der Waals surface area contributed by atoms with Crippen molar-refractivity contribution in [1.82, 2.24) is 10.2 Å². The third-order valence-electron chi connectivity index (χ3n) is 5.43. The molecule has 0 spiro atoms. The van der Waals surface area contributed by atoms with Crippen molar-refractivity contribution in [3.63, 3.8) is 0 Å². The van der Waals surface area contributed by atoms with E-state index in [0.717, 1.165) is 23.1 Å². The van der Waals surface area contributed by atoms with E-state index in [4.69, 9.17) is 16.3 Å². The van der Waals surface area contributed by atoms with Crippen LogP contribution < -0.4 is 10.1 Å². The molecule has 0 bridgehead atoms. The molecule has 0 aliphatic carbocycles. The molecule has 34 heavy (non-hydrogen) atoms. The summed E-state index contributed by atoms with van der Waals surface area (Å²) in [6, 6.07) is 23.9. The lowest BCUT2D eigenvalue weighted by molar-refractivity contribution is -0.142. The first-order valence-electron chi connectivity index (χ1n) is 11.5. The average molecular weight is 479 g/mol. The molecular weight excluding hydrogens is 448 g/mol. The summed E-state index contributed by atoms with van der Waals surface area (Å²) in [5, 5.41) is 3.57. The lowest BCUT2D eigenvalue weighted by Crippen LogP contribution is -2.51. The molecular formula is C28H31ClN2O3. The molecule has 3 aromatic rings. The van der Waals surface area contributed by atoms with Crippen molar-refractivity contribution in [1.29, 1.82) is 0 Å². The number of ether oxygens (including phenoxy) is 1. The monoisotopic (exact) mass is 478 g/mol. The van der Waals surface area contributed by atoms with Gasteiger partial charge in [-0.3, -0.25) is 9.59 Å². The largest absolute Gasteiger partial charge is 0.484 e. The molecule has 0 fully saturated rings. The van der Waals surface area contributed by atoms with Crippen molar-refractivity contribution in [2.45, 2.75) is 39.3 Å². The number of nitrogens with one attached hydrogen (secondary N) is 1. The van der Waals surface area contributed by atoms with Crippen LogP contribution in [0.2, 0.25) is 5.02 Å². The van der Waals surface area contributed by atoms with E-state index in [1.165, 1.54) is 0 Å². The van der Waals surface area contributed by atoms with Gasteiger partial charge >= 0.3 is 0 Å². The highest BCUT2D eigenvalue weighted by Crippen LogP contribution is 2.18. The zero-order valence-corrected chi connectivity index (χ0v) is 20.4. The number of carbonyl (C=O) groups excluding carboxylic acids is 2. The van der Waals surface area contributed by atoms with Crippen LogP contribution in [0.25, 0.3) is 0 Å². The van der Waals surface area contributed by atoms with Crippen molar-refractivity contribution >= 4 is 23.4 Å². The molecule has 3 rings (SSSR count). The minimum Gasteiger partial charge on any atom is -0.484 e. The first kappa shape index (κ1) is 25.3. The summed E-state index contributed by atoms with van der Waals surface area (Å²) in [6.45, 7) is 4.69. The normalized spacial score (nSPS) is 11.5. The molecule has 1 N–H and O–H groups in total. The van der Waals surface area contributed by atoms with Crippen molar-refractivity contribution in [2.24, 2.45) is 0 Å². The summed E-state index contributed by atoms with van der Waals surface area (Å²) in [5.41, 5.74) is 3.04. The van der Waals surface area contributed by atoms with Gasteiger partial charge in [-0.05, 0) is 48.7 Å². The SMILES string of the molecule is CCCNC(=O)[C@H](Cc1ccccc1)N(Cc1cccc(C)c1)C(=O)COc1ccc(Cl)cc1. The van der Waals surface area contributed by atoms with Gasteiger partial charge in [-0.15, -0.1) is 0 Å². The van der Waals surface area contributed by atoms with Crippen LogP contribution in [0.15, 0.2) is 78.9 Å². The van der Waals surface area contributed by atoms with E-state index in [0.29, 0.717) is 30.3 Å². The van der Waals surface area contributed by atoms with Crippen molar-refractivity contribution < 1.29 is 14.3 Å². The van der Waals surface area contributed by atoms with E-state index in [2.05, 4.69) is 5.32 Å². The molecule has 0 aromatic heterocycles. The van der Waals surface area contributed by atoms with Gasteiger partial charge in [0.25, 0.3) is 5.91 Å². The van der Waals surface area contributed by atoms with Crippen LogP contribution >= 0.6 is 11.6 Å². The Morgan fingerprint density at radius 3 is 2.35 bits per heavy atom. The Balaban J connectivity index is 1.88. The summed E-state index contributed by atoms with van der Waals surface area (Å²) in [5.74, 6) is 0.116. The maximum atomic E-state index is 13.5. The van der Waals surface area contributed by atoms with E-state index in [1.54, 1.807) is 29.2 Å². The quantitative estimate of drug-likeness (QED) is 0.412. The topological polar surface area (TPSA) is 58.6 Å². The minimum atomic E-state index is -0.671.